The van der Waals surface area contributed by atoms with Crippen molar-refractivity contribution in [3.63, 3.8) is 0 Å². The Morgan fingerprint density at radius 3 is 2.74 bits per heavy atom. The Kier molecular flexibility index (Phi) is 3.49. The summed E-state index contributed by atoms with van der Waals surface area (Å²) in [6.07, 6.45) is 12.2. The normalized spacial score (nSPS) is 48.7. The molecule has 0 amide bonds. The zero-order chi connectivity index (χ0) is 16.2. The summed E-state index contributed by atoms with van der Waals surface area (Å²) < 4.78 is 0. The lowest BCUT2D eigenvalue weighted by molar-refractivity contribution is -0.117. The maximum Gasteiger partial charge on any atom is 0.155 e. The number of nitriles is 1. The fourth-order valence-electron chi connectivity index (χ4n) is 7.11. The van der Waals surface area contributed by atoms with Gasteiger partial charge in [-0.15, -0.1) is 0 Å². The third kappa shape index (κ3) is 2.08. The minimum atomic E-state index is 0.283. The molecule has 0 aliphatic heterocycles. The molecule has 0 unspecified atom stereocenters. The van der Waals surface area contributed by atoms with Crippen LogP contribution < -0.4 is 0 Å². The fourth-order valence-corrected chi connectivity index (χ4v) is 7.11. The molecule has 6 atom stereocenters. The first-order valence-electron chi connectivity index (χ1n) is 9.60. The Labute approximate surface area is 140 Å². The van der Waals surface area contributed by atoms with Gasteiger partial charge in [-0.25, -0.2) is 0 Å². The first-order valence-corrected chi connectivity index (χ1v) is 9.60. The van der Waals surface area contributed by atoms with Gasteiger partial charge in [-0.2, -0.15) is 5.26 Å². The van der Waals surface area contributed by atoms with E-state index in [-0.39, 0.29) is 5.41 Å². The van der Waals surface area contributed by atoms with Crippen molar-refractivity contribution in [3.8, 4) is 6.07 Å². The van der Waals surface area contributed by atoms with Crippen LogP contribution in [0.3, 0.4) is 0 Å². The number of hydrogen-bond acceptors (Lipinski definition) is 2. The largest absolute Gasteiger partial charge is 0.295 e. The quantitative estimate of drug-likeness (QED) is 0.680. The van der Waals surface area contributed by atoms with Crippen molar-refractivity contribution in [2.45, 2.75) is 71.6 Å². The van der Waals surface area contributed by atoms with Crippen LogP contribution in [-0.2, 0) is 4.79 Å². The van der Waals surface area contributed by atoms with Gasteiger partial charge in [0.05, 0.1) is 6.07 Å². The van der Waals surface area contributed by atoms with E-state index < -0.39 is 0 Å². The van der Waals surface area contributed by atoms with E-state index in [0.717, 1.165) is 43.4 Å². The van der Waals surface area contributed by atoms with Crippen molar-refractivity contribution >= 4 is 5.78 Å². The third-order valence-corrected chi connectivity index (χ3v) is 8.50. The molecule has 4 rings (SSSR count). The van der Waals surface area contributed by atoms with Crippen LogP contribution in [0.15, 0.2) is 11.6 Å². The lowest BCUT2D eigenvalue weighted by atomic mass is 9.47. The number of nitrogens with zero attached hydrogens (tertiary/aromatic N) is 1. The van der Waals surface area contributed by atoms with Gasteiger partial charge in [0.15, 0.2) is 5.78 Å². The average molecular weight is 311 g/mol. The summed E-state index contributed by atoms with van der Waals surface area (Å²) in [5.74, 6) is 3.39. The molecular weight excluding hydrogens is 282 g/mol. The molecule has 0 radical (unpaired) electrons. The van der Waals surface area contributed by atoms with Crippen LogP contribution >= 0.6 is 0 Å². The van der Waals surface area contributed by atoms with Crippen molar-refractivity contribution in [1.29, 1.82) is 5.26 Å². The standard InChI is InChI=1S/C21H29NO/c1-20-11-8-19-17(18(20)6-4-14(20)9-12-22)5-3-15-13-16(23)7-10-21(15,19)2/h13-14,17-19H,3-11H2,1-2H3/t14-,17-,18-,19-,20+,21-/m0/s1. The molecule has 0 saturated heterocycles. The van der Waals surface area contributed by atoms with Crippen molar-refractivity contribution < 1.29 is 4.79 Å². The molecule has 0 aromatic carbocycles. The Hall–Kier alpha value is -1.10. The molecule has 124 valence electrons. The lowest BCUT2D eigenvalue weighted by Gasteiger charge is -2.58. The van der Waals surface area contributed by atoms with Gasteiger partial charge in [0.1, 0.15) is 0 Å². The van der Waals surface area contributed by atoms with Crippen LogP contribution in [0.2, 0.25) is 0 Å². The first-order chi connectivity index (χ1) is 11.0. The van der Waals surface area contributed by atoms with Crippen LogP contribution in [0, 0.1) is 45.8 Å². The van der Waals surface area contributed by atoms with Gasteiger partial charge >= 0.3 is 0 Å². The number of carbonyl (C=O) groups is 1. The zero-order valence-electron chi connectivity index (χ0n) is 14.6. The average Bonchev–Trinajstić information content (AvgIpc) is 2.85. The van der Waals surface area contributed by atoms with Crippen molar-refractivity contribution in [2.24, 2.45) is 34.5 Å². The highest BCUT2D eigenvalue weighted by Gasteiger charge is 2.58. The van der Waals surface area contributed by atoms with Gasteiger partial charge in [0.25, 0.3) is 0 Å². The van der Waals surface area contributed by atoms with E-state index in [9.17, 15) is 10.1 Å². The summed E-state index contributed by atoms with van der Waals surface area (Å²) in [6, 6.07) is 2.45. The molecule has 0 aromatic rings. The molecule has 0 aromatic heterocycles. The Morgan fingerprint density at radius 1 is 1.13 bits per heavy atom. The van der Waals surface area contributed by atoms with Gasteiger partial charge in [-0.05, 0) is 85.5 Å². The van der Waals surface area contributed by atoms with Crippen LogP contribution in [0.5, 0.6) is 0 Å². The number of allylic oxidation sites excluding steroid dienone is 1. The Morgan fingerprint density at radius 2 is 1.96 bits per heavy atom. The second kappa shape index (κ2) is 5.20. The highest BCUT2D eigenvalue weighted by molar-refractivity contribution is 5.91. The fraction of sp³-hybridized carbons (Fsp3) is 0.810. The minimum absolute atomic E-state index is 0.283. The molecule has 0 spiro atoms. The first kappa shape index (κ1) is 15.4. The predicted octanol–water partition coefficient (Wildman–Crippen LogP) is 5.05. The van der Waals surface area contributed by atoms with Gasteiger partial charge in [-0.3, -0.25) is 4.79 Å². The summed E-state index contributed by atoms with van der Waals surface area (Å²) in [5, 5.41) is 9.19. The monoisotopic (exact) mass is 311 g/mol. The summed E-state index contributed by atoms with van der Waals surface area (Å²) in [6.45, 7) is 4.94. The molecule has 2 nitrogen and oxygen atoms in total. The van der Waals surface area contributed by atoms with E-state index in [0.29, 0.717) is 17.1 Å². The number of rotatable bonds is 1. The van der Waals surface area contributed by atoms with E-state index in [4.69, 9.17) is 0 Å². The molecule has 3 saturated carbocycles. The smallest absolute Gasteiger partial charge is 0.155 e. The highest BCUT2D eigenvalue weighted by atomic mass is 16.1. The topological polar surface area (TPSA) is 40.9 Å². The molecule has 3 fully saturated rings. The van der Waals surface area contributed by atoms with Gasteiger partial charge < -0.3 is 0 Å². The second-order valence-electron chi connectivity index (χ2n) is 9.15. The third-order valence-electron chi connectivity index (χ3n) is 8.50. The molecule has 4 aliphatic carbocycles. The van der Waals surface area contributed by atoms with Gasteiger partial charge in [0.2, 0.25) is 0 Å². The molecule has 2 heteroatoms. The molecule has 4 aliphatic rings. The van der Waals surface area contributed by atoms with Gasteiger partial charge in [0, 0.05) is 12.8 Å². The highest BCUT2D eigenvalue weighted by Crippen LogP contribution is 2.66. The predicted molar refractivity (Wildman–Crippen MR) is 90.4 cm³/mol. The number of carbonyl (C=O) groups excluding carboxylic acids is 1. The van der Waals surface area contributed by atoms with Crippen LogP contribution in [0.1, 0.15) is 71.6 Å². The summed E-state index contributed by atoms with van der Waals surface area (Å²) in [4.78, 5) is 11.9. The Balaban J connectivity index is 1.65. The summed E-state index contributed by atoms with van der Waals surface area (Å²) in [5.41, 5.74) is 2.15. The van der Waals surface area contributed by atoms with E-state index >= 15 is 0 Å². The maximum atomic E-state index is 11.9. The van der Waals surface area contributed by atoms with Crippen LogP contribution in [-0.4, -0.2) is 5.78 Å². The molecule has 23 heavy (non-hydrogen) atoms. The number of ketones is 1. The zero-order valence-corrected chi connectivity index (χ0v) is 14.6. The molecule has 0 bridgehead atoms. The minimum Gasteiger partial charge on any atom is -0.295 e. The van der Waals surface area contributed by atoms with Crippen molar-refractivity contribution in [2.75, 3.05) is 0 Å². The van der Waals surface area contributed by atoms with Crippen LogP contribution in [0.4, 0.5) is 0 Å². The van der Waals surface area contributed by atoms with E-state index in [1.54, 1.807) is 0 Å². The number of fused-ring (bicyclic) bond motifs is 5. The molecule has 0 N–H and O–H groups in total. The molecular formula is C21H29NO. The molecule has 0 heterocycles. The van der Waals surface area contributed by atoms with Crippen molar-refractivity contribution in [3.05, 3.63) is 11.6 Å². The van der Waals surface area contributed by atoms with Crippen molar-refractivity contribution in [1.82, 2.24) is 0 Å². The second-order valence-corrected chi connectivity index (χ2v) is 9.15. The van der Waals surface area contributed by atoms with Gasteiger partial charge in [-0.1, -0.05) is 19.4 Å². The maximum absolute atomic E-state index is 11.9. The SMILES string of the molecule is C[C@]12CC[C@H]3[C@@H](CCC4=CC(=O)CC[C@@]43C)[C@@H]1CC[C@H]2CC#N. The van der Waals surface area contributed by atoms with E-state index in [2.05, 4.69) is 19.9 Å². The summed E-state index contributed by atoms with van der Waals surface area (Å²) >= 11 is 0. The van der Waals surface area contributed by atoms with E-state index in [1.807, 2.05) is 6.08 Å². The lowest BCUT2D eigenvalue weighted by Crippen LogP contribution is -2.50. The van der Waals surface area contributed by atoms with E-state index in [1.165, 1.54) is 37.7 Å². The Bertz CT molecular complexity index is 599. The van der Waals surface area contributed by atoms with Crippen LogP contribution in [0.25, 0.3) is 0 Å². The summed E-state index contributed by atoms with van der Waals surface area (Å²) in [7, 11) is 0. The number of hydrogen-bond donors (Lipinski definition) is 0.